The Morgan fingerprint density at radius 3 is 2.71 bits per heavy atom. The summed E-state index contributed by atoms with van der Waals surface area (Å²) in [6.07, 6.45) is 1.60. The highest BCUT2D eigenvalue weighted by atomic mass is 16.5. The van der Waals surface area contributed by atoms with Gasteiger partial charge in [0.05, 0.1) is 24.8 Å². The Morgan fingerprint density at radius 1 is 1.11 bits per heavy atom. The van der Waals surface area contributed by atoms with Gasteiger partial charge in [-0.25, -0.2) is 0 Å². The summed E-state index contributed by atoms with van der Waals surface area (Å²) in [5, 5.41) is 4.92. The summed E-state index contributed by atoms with van der Waals surface area (Å²) in [5.74, 6) is 1.27. The fourth-order valence-electron chi connectivity index (χ4n) is 3.10. The number of hydrogen-bond acceptors (Lipinski definition) is 5. The Bertz CT molecular complexity index is 1050. The van der Waals surface area contributed by atoms with Crippen LogP contribution in [-0.4, -0.2) is 36.2 Å². The average molecular weight is 376 g/mol. The number of aromatic nitrogens is 1. The van der Waals surface area contributed by atoms with Crippen LogP contribution < -0.4 is 0 Å². The SMILES string of the molecule is COCCN(Cc1ccco1)C(=O)c1ccc2noc(-c3ccccc3)c2c1. The number of fused-ring (bicyclic) bond motifs is 1. The lowest BCUT2D eigenvalue weighted by Gasteiger charge is -2.21. The second-order valence-electron chi connectivity index (χ2n) is 6.41. The van der Waals surface area contributed by atoms with Crippen molar-refractivity contribution in [1.82, 2.24) is 10.1 Å². The van der Waals surface area contributed by atoms with E-state index in [0.717, 1.165) is 16.7 Å². The number of nitrogens with zero attached hydrogens (tertiary/aromatic N) is 2. The molecule has 0 N–H and O–H groups in total. The van der Waals surface area contributed by atoms with Gasteiger partial charge in [0.25, 0.3) is 5.91 Å². The van der Waals surface area contributed by atoms with Crippen LogP contribution in [0.25, 0.3) is 22.2 Å². The minimum atomic E-state index is -0.101. The first-order chi connectivity index (χ1) is 13.8. The summed E-state index contributed by atoms with van der Waals surface area (Å²) in [6.45, 7) is 1.28. The lowest BCUT2D eigenvalue weighted by Crippen LogP contribution is -2.33. The topological polar surface area (TPSA) is 68.7 Å². The van der Waals surface area contributed by atoms with E-state index in [4.69, 9.17) is 13.7 Å². The van der Waals surface area contributed by atoms with Crippen LogP contribution in [0.1, 0.15) is 16.1 Å². The number of carbonyl (C=O) groups excluding carboxylic acids is 1. The Hall–Kier alpha value is -3.38. The molecule has 2 aromatic carbocycles. The molecule has 2 heterocycles. The smallest absolute Gasteiger partial charge is 0.254 e. The zero-order chi connectivity index (χ0) is 19.3. The molecule has 0 saturated carbocycles. The Balaban J connectivity index is 1.67. The maximum absolute atomic E-state index is 13.2. The normalized spacial score (nSPS) is 11.0. The van der Waals surface area contributed by atoms with Gasteiger partial charge in [0.1, 0.15) is 11.3 Å². The molecule has 4 rings (SSSR count). The molecule has 0 radical (unpaired) electrons. The molecule has 0 fully saturated rings. The van der Waals surface area contributed by atoms with Crippen molar-refractivity contribution in [3.8, 4) is 11.3 Å². The van der Waals surface area contributed by atoms with Crippen molar-refractivity contribution in [3.05, 3.63) is 78.3 Å². The molecule has 1 amide bonds. The standard InChI is InChI=1S/C22H20N2O4/c1-26-13-11-24(15-18-8-5-12-27-18)22(25)17-9-10-20-19(14-17)21(28-23-20)16-6-3-2-4-7-16/h2-10,12,14H,11,13,15H2,1H3. The first kappa shape index (κ1) is 18.0. The van der Waals surface area contributed by atoms with Crippen LogP contribution in [0.4, 0.5) is 0 Å². The minimum absolute atomic E-state index is 0.101. The van der Waals surface area contributed by atoms with E-state index in [1.165, 1.54) is 0 Å². The maximum atomic E-state index is 13.2. The average Bonchev–Trinajstić information content (AvgIpc) is 3.40. The highest BCUT2D eigenvalue weighted by Crippen LogP contribution is 2.29. The third-order valence-electron chi connectivity index (χ3n) is 4.54. The molecular weight excluding hydrogens is 356 g/mol. The summed E-state index contributed by atoms with van der Waals surface area (Å²) < 4.78 is 16.1. The molecule has 4 aromatic rings. The van der Waals surface area contributed by atoms with Crippen LogP contribution >= 0.6 is 0 Å². The molecule has 0 unspecified atom stereocenters. The number of carbonyl (C=O) groups is 1. The highest BCUT2D eigenvalue weighted by molar-refractivity contribution is 6.01. The van der Waals surface area contributed by atoms with E-state index in [2.05, 4.69) is 5.16 Å². The van der Waals surface area contributed by atoms with Gasteiger partial charge in [-0.3, -0.25) is 4.79 Å². The van der Waals surface area contributed by atoms with Gasteiger partial charge in [0.2, 0.25) is 0 Å². The van der Waals surface area contributed by atoms with Gasteiger partial charge in [0, 0.05) is 24.8 Å². The molecule has 2 aromatic heterocycles. The molecular formula is C22H20N2O4. The molecule has 6 heteroatoms. The molecule has 28 heavy (non-hydrogen) atoms. The van der Waals surface area contributed by atoms with E-state index < -0.39 is 0 Å². The largest absolute Gasteiger partial charge is 0.467 e. The monoisotopic (exact) mass is 376 g/mol. The summed E-state index contributed by atoms with van der Waals surface area (Å²) in [4.78, 5) is 14.9. The molecule has 0 bridgehead atoms. The Morgan fingerprint density at radius 2 is 1.96 bits per heavy atom. The van der Waals surface area contributed by atoms with E-state index >= 15 is 0 Å². The van der Waals surface area contributed by atoms with Crippen molar-refractivity contribution in [2.24, 2.45) is 0 Å². The second-order valence-corrected chi connectivity index (χ2v) is 6.41. The summed E-state index contributed by atoms with van der Waals surface area (Å²) in [5.41, 5.74) is 2.20. The van der Waals surface area contributed by atoms with Crippen LogP contribution in [-0.2, 0) is 11.3 Å². The van der Waals surface area contributed by atoms with Crippen molar-refractivity contribution in [2.45, 2.75) is 6.54 Å². The third-order valence-corrected chi connectivity index (χ3v) is 4.54. The molecule has 6 nitrogen and oxygen atoms in total. The first-order valence-electron chi connectivity index (χ1n) is 9.01. The molecule has 0 aliphatic rings. The number of methoxy groups -OCH3 is 1. The van der Waals surface area contributed by atoms with Crippen LogP contribution in [0.3, 0.4) is 0 Å². The third kappa shape index (κ3) is 3.68. The maximum Gasteiger partial charge on any atom is 0.254 e. The van der Waals surface area contributed by atoms with Gasteiger partial charge in [-0.2, -0.15) is 0 Å². The van der Waals surface area contributed by atoms with Crippen molar-refractivity contribution in [1.29, 1.82) is 0 Å². The van der Waals surface area contributed by atoms with Gasteiger partial charge >= 0.3 is 0 Å². The minimum Gasteiger partial charge on any atom is -0.467 e. The number of furan rings is 1. The second kappa shape index (κ2) is 8.10. The van der Waals surface area contributed by atoms with Gasteiger partial charge < -0.3 is 18.6 Å². The lowest BCUT2D eigenvalue weighted by atomic mass is 10.1. The van der Waals surface area contributed by atoms with E-state index in [1.807, 2.05) is 48.5 Å². The van der Waals surface area contributed by atoms with E-state index in [0.29, 0.717) is 36.5 Å². The number of ether oxygens (including phenoxy) is 1. The van der Waals surface area contributed by atoms with Gasteiger partial charge in [-0.1, -0.05) is 35.5 Å². The zero-order valence-electron chi connectivity index (χ0n) is 15.5. The molecule has 0 atom stereocenters. The lowest BCUT2D eigenvalue weighted by molar-refractivity contribution is 0.0666. The Labute approximate surface area is 162 Å². The number of rotatable bonds is 7. The Kier molecular flexibility index (Phi) is 5.21. The van der Waals surface area contributed by atoms with Crippen molar-refractivity contribution < 1.29 is 18.5 Å². The predicted octanol–water partition coefficient (Wildman–Crippen LogP) is 4.38. The van der Waals surface area contributed by atoms with E-state index in [1.54, 1.807) is 30.4 Å². The predicted molar refractivity (Wildman–Crippen MR) is 105 cm³/mol. The van der Waals surface area contributed by atoms with Crippen LogP contribution in [0.5, 0.6) is 0 Å². The fourth-order valence-corrected chi connectivity index (χ4v) is 3.10. The van der Waals surface area contributed by atoms with Gasteiger partial charge in [-0.05, 0) is 30.3 Å². The highest BCUT2D eigenvalue weighted by Gasteiger charge is 2.19. The van der Waals surface area contributed by atoms with E-state index in [-0.39, 0.29) is 5.91 Å². The van der Waals surface area contributed by atoms with Crippen molar-refractivity contribution >= 4 is 16.8 Å². The molecule has 0 aliphatic heterocycles. The number of amides is 1. The van der Waals surface area contributed by atoms with Crippen LogP contribution in [0.15, 0.2) is 75.9 Å². The number of hydrogen-bond donors (Lipinski definition) is 0. The first-order valence-corrected chi connectivity index (χ1v) is 9.01. The summed E-state index contributed by atoms with van der Waals surface area (Å²) in [6, 6.07) is 18.8. The molecule has 0 spiro atoms. The van der Waals surface area contributed by atoms with Crippen LogP contribution in [0.2, 0.25) is 0 Å². The molecule has 0 aliphatic carbocycles. The van der Waals surface area contributed by atoms with Crippen molar-refractivity contribution in [3.63, 3.8) is 0 Å². The summed E-state index contributed by atoms with van der Waals surface area (Å²) in [7, 11) is 1.62. The number of benzene rings is 2. The molecule has 142 valence electrons. The zero-order valence-corrected chi connectivity index (χ0v) is 15.5. The van der Waals surface area contributed by atoms with Crippen LogP contribution in [0, 0.1) is 0 Å². The summed E-state index contributed by atoms with van der Waals surface area (Å²) >= 11 is 0. The fraction of sp³-hybridized carbons (Fsp3) is 0.182. The molecule has 0 saturated heterocycles. The van der Waals surface area contributed by atoms with Gasteiger partial charge in [0.15, 0.2) is 5.76 Å². The van der Waals surface area contributed by atoms with E-state index in [9.17, 15) is 4.79 Å². The van der Waals surface area contributed by atoms with Gasteiger partial charge in [-0.15, -0.1) is 0 Å². The van der Waals surface area contributed by atoms with Crippen molar-refractivity contribution in [2.75, 3.05) is 20.3 Å². The quantitative estimate of drug-likeness (QED) is 0.479.